The van der Waals surface area contributed by atoms with Gasteiger partial charge in [-0.05, 0) is 43.4 Å². The van der Waals surface area contributed by atoms with E-state index in [4.69, 9.17) is 9.47 Å². The number of imide groups is 1. The number of fused-ring (bicyclic) bond motifs is 1. The quantitative estimate of drug-likeness (QED) is 0.792. The molecule has 2 fully saturated rings. The highest BCUT2D eigenvalue weighted by Gasteiger charge is 2.48. The van der Waals surface area contributed by atoms with Gasteiger partial charge in [-0.2, -0.15) is 0 Å². The van der Waals surface area contributed by atoms with Gasteiger partial charge in [-0.3, -0.25) is 14.5 Å². The molecule has 1 aromatic rings. The zero-order chi connectivity index (χ0) is 19.9. The van der Waals surface area contributed by atoms with Crippen LogP contribution < -0.4 is 14.8 Å². The van der Waals surface area contributed by atoms with Crippen LogP contribution in [-0.2, 0) is 16.0 Å². The molecule has 2 saturated heterocycles. The second kappa shape index (κ2) is 7.00. The predicted octanol–water partition coefficient (Wildman–Crippen LogP) is 1.53. The van der Waals surface area contributed by atoms with Crippen LogP contribution >= 0.6 is 0 Å². The second-order valence-corrected chi connectivity index (χ2v) is 8.08. The van der Waals surface area contributed by atoms with Gasteiger partial charge in [-0.1, -0.05) is 13.0 Å². The highest BCUT2D eigenvalue weighted by molar-refractivity contribution is 6.08. The van der Waals surface area contributed by atoms with E-state index < -0.39 is 11.6 Å². The third kappa shape index (κ3) is 3.39. The molecule has 8 nitrogen and oxygen atoms in total. The van der Waals surface area contributed by atoms with Gasteiger partial charge in [0, 0.05) is 19.5 Å². The molecule has 0 aliphatic carbocycles. The minimum Gasteiger partial charge on any atom is -0.454 e. The number of hydrogen-bond acceptors (Lipinski definition) is 5. The van der Waals surface area contributed by atoms with E-state index in [1.54, 1.807) is 17.9 Å². The molecule has 3 aliphatic heterocycles. The van der Waals surface area contributed by atoms with Gasteiger partial charge in [0.1, 0.15) is 12.1 Å². The smallest absolute Gasteiger partial charge is 0.325 e. The first kappa shape index (κ1) is 18.6. The average molecular weight is 387 g/mol. The molecule has 8 heteroatoms. The van der Waals surface area contributed by atoms with E-state index in [2.05, 4.69) is 12.2 Å². The van der Waals surface area contributed by atoms with Crippen molar-refractivity contribution < 1.29 is 23.9 Å². The standard InChI is InChI=1S/C20H25N3O5/c1-13-5-7-22(8-6-13)17(24)11-23-18(25)20(2,21-19(23)26)10-14-3-4-15-16(9-14)28-12-27-15/h3-4,9,13H,5-8,10-12H2,1-2H3,(H,21,26)/t20-/m0/s1. The summed E-state index contributed by atoms with van der Waals surface area (Å²) in [6.45, 7) is 5.18. The van der Waals surface area contributed by atoms with Crippen LogP contribution in [0.5, 0.6) is 11.5 Å². The summed E-state index contributed by atoms with van der Waals surface area (Å²) in [7, 11) is 0. The summed E-state index contributed by atoms with van der Waals surface area (Å²) in [5, 5.41) is 2.76. The summed E-state index contributed by atoms with van der Waals surface area (Å²) in [6, 6.07) is 4.93. The molecule has 3 heterocycles. The molecule has 3 aliphatic rings. The van der Waals surface area contributed by atoms with E-state index in [0.717, 1.165) is 23.3 Å². The van der Waals surface area contributed by atoms with Crippen molar-refractivity contribution >= 4 is 17.8 Å². The molecule has 1 aromatic carbocycles. The normalized spacial score (nSPS) is 24.6. The number of carbonyl (C=O) groups is 3. The van der Waals surface area contributed by atoms with Crippen molar-refractivity contribution in [1.82, 2.24) is 15.1 Å². The lowest BCUT2D eigenvalue weighted by Gasteiger charge is -2.31. The third-order valence-electron chi connectivity index (χ3n) is 5.77. The van der Waals surface area contributed by atoms with Gasteiger partial charge < -0.3 is 19.7 Å². The first-order valence-corrected chi connectivity index (χ1v) is 9.66. The van der Waals surface area contributed by atoms with Crippen molar-refractivity contribution in [3.05, 3.63) is 23.8 Å². The van der Waals surface area contributed by atoms with Crippen molar-refractivity contribution in [2.24, 2.45) is 5.92 Å². The Balaban J connectivity index is 1.43. The number of nitrogens with one attached hydrogen (secondary N) is 1. The molecule has 4 amide bonds. The van der Waals surface area contributed by atoms with Crippen LogP contribution in [0.25, 0.3) is 0 Å². The average Bonchev–Trinajstić information content (AvgIpc) is 3.20. The van der Waals surface area contributed by atoms with Crippen LogP contribution in [0.1, 0.15) is 32.3 Å². The van der Waals surface area contributed by atoms with E-state index in [1.165, 1.54) is 0 Å². The fourth-order valence-electron chi connectivity index (χ4n) is 3.96. The number of piperidine rings is 1. The van der Waals surface area contributed by atoms with Crippen molar-refractivity contribution in [1.29, 1.82) is 0 Å². The topological polar surface area (TPSA) is 88.2 Å². The highest BCUT2D eigenvalue weighted by atomic mass is 16.7. The van der Waals surface area contributed by atoms with Crippen molar-refractivity contribution in [2.45, 2.75) is 38.6 Å². The number of rotatable bonds is 4. The fraction of sp³-hybridized carbons (Fsp3) is 0.550. The Hall–Kier alpha value is -2.77. The van der Waals surface area contributed by atoms with Crippen LogP contribution in [-0.4, -0.2) is 59.6 Å². The summed E-state index contributed by atoms with van der Waals surface area (Å²) in [5.41, 5.74) is -0.250. The first-order valence-electron chi connectivity index (χ1n) is 9.66. The van der Waals surface area contributed by atoms with Crippen LogP contribution in [0.15, 0.2) is 18.2 Å². The number of amides is 4. The van der Waals surface area contributed by atoms with E-state index in [9.17, 15) is 14.4 Å². The number of carbonyl (C=O) groups excluding carboxylic acids is 3. The van der Waals surface area contributed by atoms with Crippen LogP contribution in [0.4, 0.5) is 4.79 Å². The lowest BCUT2D eigenvalue weighted by atomic mass is 9.92. The Kier molecular flexibility index (Phi) is 4.64. The number of likely N-dealkylation sites (tertiary alicyclic amines) is 1. The second-order valence-electron chi connectivity index (χ2n) is 8.08. The van der Waals surface area contributed by atoms with Gasteiger partial charge in [-0.15, -0.1) is 0 Å². The molecule has 150 valence electrons. The maximum absolute atomic E-state index is 13.0. The number of nitrogens with zero attached hydrogens (tertiary/aromatic N) is 2. The molecule has 0 spiro atoms. The molecule has 0 unspecified atom stereocenters. The zero-order valence-electron chi connectivity index (χ0n) is 16.2. The Morgan fingerprint density at radius 1 is 1.21 bits per heavy atom. The van der Waals surface area contributed by atoms with Gasteiger partial charge in [0.05, 0.1) is 0 Å². The number of ether oxygens (including phenoxy) is 2. The van der Waals surface area contributed by atoms with Crippen molar-refractivity contribution in [3.8, 4) is 11.5 Å². The Morgan fingerprint density at radius 3 is 2.68 bits per heavy atom. The summed E-state index contributed by atoms with van der Waals surface area (Å²) >= 11 is 0. The van der Waals surface area contributed by atoms with E-state index >= 15 is 0 Å². The molecule has 0 aromatic heterocycles. The lowest BCUT2D eigenvalue weighted by Crippen LogP contribution is -2.48. The van der Waals surface area contributed by atoms with E-state index in [-0.39, 0.29) is 25.2 Å². The molecule has 1 atom stereocenters. The van der Waals surface area contributed by atoms with Gasteiger partial charge in [-0.25, -0.2) is 4.79 Å². The minimum atomic E-state index is -1.10. The Labute approximate surface area is 163 Å². The monoisotopic (exact) mass is 387 g/mol. The van der Waals surface area contributed by atoms with Crippen LogP contribution in [0, 0.1) is 5.92 Å². The maximum atomic E-state index is 13.0. The minimum absolute atomic E-state index is 0.177. The van der Waals surface area contributed by atoms with Crippen LogP contribution in [0.3, 0.4) is 0 Å². The summed E-state index contributed by atoms with van der Waals surface area (Å²) in [4.78, 5) is 40.7. The maximum Gasteiger partial charge on any atom is 0.325 e. The molecular weight excluding hydrogens is 362 g/mol. The van der Waals surface area contributed by atoms with Gasteiger partial charge in [0.2, 0.25) is 12.7 Å². The molecule has 4 rings (SSSR count). The summed E-state index contributed by atoms with van der Waals surface area (Å²) in [6.07, 6.45) is 2.21. The predicted molar refractivity (Wildman–Crippen MR) is 99.9 cm³/mol. The molecular formula is C20H25N3O5. The third-order valence-corrected chi connectivity index (χ3v) is 5.77. The number of benzene rings is 1. The molecule has 0 bridgehead atoms. The highest BCUT2D eigenvalue weighted by Crippen LogP contribution is 2.34. The van der Waals surface area contributed by atoms with E-state index in [0.29, 0.717) is 36.9 Å². The van der Waals surface area contributed by atoms with Crippen molar-refractivity contribution in [3.63, 3.8) is 0 Å². The molecule has 0 radical (unpaired) electrons. The fourth-order valence-corrected chi connectivity index (χ4v) is 3.96. The molecule has 28 heavy (non-hydrogen) atoms. The Morgan fingerprint density at radius 2 is 1.93 bits per heavy atom. The lowest BCUT2D eigenvalue weighted by molar-refractivity contribution is -0.139. The Bertz CT molecular complexity index is 818. The SMILES string of the molecule is CC1CCN(C(=O)CN2C(=O)N[C@@](C)(Cc3ccc4c(c3)OCO4)C2=O)CC1. The summed E-state index contributed by atoms with van der Waals surface area (Å²) in [5.74, 6) is 1.34. The number of hydrogen-bond donors (Lipinski definition) is 1. The largest absolute Gasteiger partial charge is 0.454 e. The zero-order valence-corrected chi connectivity index (χ0v) is 16.2. The number of urea groups is 1. The van der Waals surface area contributed by atoms with E-state index in [1.807, 2.05) is 12.1 Å². The van der Waals surface area contributed by atoms with Crippen molar-refractivity contribution in [2.75, 3.05) is 26.4 Å². The van der Waals surface area contributed by atoms with Gasteiger partial charge >= 0.3 is 6.03 Å². The molecule has 1 N–H and O–H groups in total. The molecule has 0 saturated carbocycles. The van der Waals surface area contributed by atoms with Gasteiger partial charge in [0.15, 0.2) is 11.5 Å². The first-order chi connectivity index (χ1) is 13.4. The van der Waals surface area contributed by atoms with Crippen LogP contribution in [0.2, 0.25) is 0 Å². The summed E-state index contributed by atoms with van der Waals surface area (Å²) < 4.78 is 10.7. The van der Waals surface area contributed by atoms with Gasteiger partial charge in [0.25, 0.3) is 5.91 Å².